The smallest absolute Gasteiger partial charge is 0.186 e. The molecule has 260 valence electrons. The number of hydrogen-bond donors (Lipinski definition) is 8. The van der Waals surface area contributed by atoms with E-state index in [1.807, 2.05) is 6.92 Å². The molecule has 0 aromatic heterocycles. The molecule has 0 aromatic rings. The average molecular weight is 644 g/mol. The number of hydrogen-bond acceptors (Lipinski definition) is 12. The first kappa shape index (κ1) is 34.4. The number of ether oxygens (including phenoxy) is 4. The highest BCUT2D eigenvalue weighted by Crippen LogP contribution is 2.69. The predicted octanol–water partition coefficient (Wildman–Crippen LogP) is 0.143. The second kappa shape index (κ2) is 12.1. The number of aliphatic hydroxyl groups excluding tert-OH is 7. The van der Waals surface area contributed by atoms with Gasteiger partial charge in [0, 0.05) is 11.0 Å². The molecule has 4 saturated carbocycles. The molecule has 0 spiro atoms. The highest BCUT2D eigenvalue weighted by Gasteiger charge is 2.71. The van der Waals surface area contributed by atoms with Crippen molar-refractivity contribution in [2.24, 2.45) is 40.2 Å². The van der Waals surface area contributed by atoms with Gasteiger partial charge in [0.05, 0.1) is 30.5 Å². The monoisotopic (exact) mass is 643 g/mol. The maximum atomic E-state index is 11.0. The number of rotatable bonds is 5. The Kier molecular flexibility index (Phi) is 9.27. The molecule has 12 nitrogen and oxygen atoms in total. The first-order valence-electron chi connectivity index (χ1n) is 17.2. The molecule has 0 bridgehead atoms. The van der Waals surface area contributed by atoms with Gasteiger partial charge in [0.25, 0.3) is 0 Å². The van der Waals surface area contributed by atoms with Gasteiger partial charge < -0.3 is 60.4 Å². The lowest BCUT2D eigenvalue weighted by Crippen LogP contribution is -2.72. The van der Waals surface area contributed by atoms with Crippen molar-refractivity contribution >= 4 is 0 Å². The number of nitrogens with two attached hydrogens (primary N) is 1. The minimum atomic E-state index is -1.43. The van der Waals surface area contributed by atoms with Crippen LogP contribution in [0.5, 0.6) is 0 Å². The Bertz CT molecular complexity index is 1070. The first-order chi connectivity index (χ1) is 21.0. The minimum Gasteiger partial charge on any atom is -0.393 e. The Hall–Kier alpha value is -0.480. The van der Waals surface area contributed by atoms with Crippen LogP contribution < -0.4 is 5.73 Å². The van der Waals surface area contributed by atoms with Crippen LogP contribution in [0, 0.1) is 34.5 Å². The molecular formula is C33H57NO11. The van der Waals surface area contributed by atoms with Crippen LogP contribution in [0.15, 0.2) is 0 Å². The van der Waals surface area contributed by atoms with E-state index in [1.54, 1.807) is 13.8 Å². The Morgan fingerprint density at radius 3 is 1.87 bits per heavy atom. The minimum absolute atomic E-state index is 0.0922. The third kappa shape index (κ3) is 5.25. The molecule has 6 fully saturated rings. The van der Waals surface area contributed by atoms with E-state index in [9.17, 15) is 35.7 Å². The van der Waals surface area contributed by atoms with Gasteiger partial charge in [0.2, 0.25) is 0 Å². The van der Waals surface area contributed by atoms with Gasteiger partial charge in [0.1, 0.15) is 36.6 Å². The fourth-order valence-corrected chi connectivity index (χ4v) is 11.0. The molecule has 45 heavy (non-hydrogen) atoms. The van der Waals surface area contributed by atoms with Crippen LogP contribution in [-0.4, -0.2) is 121 Å². The molecule has 4 aliphatic carbocycles. The Morgan fingerprint density at radius 2 is 1.29 bits per heavy atom. The van der Waals surface area contributed by atoms with E-state index in [1.165, 1.54) is 0 Å². The molecule has 12 heteroatoms. The van der Waals surface area contributed by atoms with E-state index < -0.39 is 84.6 Å². The van der Waals surface area contributed by atoms with Gasteiger partial charge in [-0.05, 0) is 101 Å². The van der Waals surface area contributed by atoms with Crippen LogP contribution in [0.3, 0.4) is 0 Å². The third-order valence-corrected chi connectivity index (χ3v) is 13.9. The summed E-state index contributed by atoms with van der Waals surface area (Å²) >= 11 is 0. The van der Waals surface area contributed by atoms with E-state index in [4.69, 9.17) is 24.7 Å². The van der Waals surface area contributed by atoms with Crippen molar-refractivity contribution in [1.29, 1.82) is 0 Å². The molecule has 2 aliphatic heterocycles. The topological polar surface area (TPSA) is 205 Å². The summed E-state index contributed by atoms with van der Waals surface area (Å²) in [6.45, 7) is 9.58. The lowest BCUT2D eigenvalue weighted by molar-refractivity contribution is -0.329. The summed E-state index contributed by atoms with van der Waals surface area (Å²) in [5, 5.41) is 73.7. The van der Waals surface area contributed by atoms with Gasteiger partial charge >= 0.3 is 0 Å². The Labute approximate surface area is 266 Å². The first-order valence-corrected chi connectivity index (χ1v) is 17.2. The van der Waals surface area contributed by atoms with Gasteiger partial charge in [-0.1, -0.05) is 13.8 Å². The normalized spacial score (nSPS) is 59.1. The predicted molar refractivity (Wildman–Crippen MR) is 160 cm³/mol. The summed E-state index contributed by atoms with van der Waals surface area (Å²) in [4.78, 5) is 0. The van der Waals surface area contributed by atoms with Crippen molar-refractivity contribution in [3.05, 3.63) is 0 Å². The maximum absolute atomic E-state index is 11.0. The molecule has 9 N–H and O–H groups in total. The van der Waals surface area contributed by atoms with E-state index >= 15 is 0 Å². The highest BCUT2D eigenvalue weighted by molar-refractivity contribution is 5.22. The van der Waals surface area contributed by atoms with E-state index in [2.05, 4.69) is 13.8 Å². The Balaban J connectivity index is 1.25. The van der Waals surface area contributed by atoms with Crippen molar-refractivity contribution in [3.63, 3.8) is 0 Å². The summed E-state index contributed by atoms with van der Waals surface area (Å²) in [5.74, 6) is 0.585. The molecule has 20 atom stereocenters. The van der Waals surface area contributed by atoms with Crippen LogP contribution in [0.4, 0.5) is 0 Å². The average Bonchev–Trinajstić information content (AvgIpc) is 3.29. The summed E-state index contributed by atoms with van der Waals surface area (Å²) in [7, 11) is 0. The highest BCUT2D eigenvalue weighted by atomic mass is 16.7. The van der Waals surface area contributed by atoms with Crippen molar-refractivity contribution < 1.29 is 54.7 Å². The standard InChI is InChI=1S/C33H57NO11/c1-14(35)19-9-11-33(34)20-7-6-17-12-18(44-29-27(40)25(38)23(36)15(2)42-29)8-10-31(17,4)21(20)13-22(32(19,33)5)45-30-28(41)26(39)24(37)16(3)43-30/h14-30,35-41H,6-13,34H2,1-5H3/t14-,15+,16+,17-,18+,19-,20-,21+,22-,23+,24+,25-,26-,27-,28-,29+,30+,31+,32+,33+/m1/s1. The molecule has 2 saturated heterocycles. The molecule has 6 aliphatic rings. The van der Waals surface area contributed by atoms with E-state index in [0.717, 1.165) is 44.9 Å². The van der Waals surface area contributed by atoms with Gasteiger partial charge in [0.15, 0.2) is 12.6 Å². The second-order valence-electron chi connectivity index (χ2n) is 16.0. The summed E-state index contributed by atoms with van der Waals surface area (Å²) in [5.41, 5.74) is 6.24. The fourth-order valence-electron chi connectivity index (χ4n) is 11.0. The largest absolute Gasteiger partial charge is 0.393 e. The quantitative estimate of drug-likeness (QED) is 0.189. The van der Waals surface area contributed by atoms with Crippen molar-refractivity contribution in [1.82, 2.24) is 0 Å². The SMILES string of the molecule is C[C@@H]1O[C@@H](O[C@H]2CC[C@@]3(C)[C@H](CC[C@@H]4[C@@H]3C[C@@H](O[C@@H]3O[C@@H](C)[C@H](O)[C@@H](O)[C@H]3O)[C@]3(C)[C@@H]([C@@H](C)O)CC[C@]43N)C2)[C@H](O)[C@H](O)[C@H]1O. The Morgan fingerprint density at radius 1 is 0.711 bits per heavy atom. The van der Waals surface area contributed by atoms with Gasteiger partial charge in [-0.3, -0.25) is 0 Å². The molecule has 0 unspecified atom stereocenters. The van der Waals surface area contributed by atoms with Gasteiger partial charge in [-0.15, -0.1) is 0 Å². The second-order valence-corrected chi connectivity index (χ2v) is 16.0. The zero-order chi connectivity index (χ0) is 32.8. The maximum Gasteiger partial charge on any atom is 0.186 e. The molecule has 0 amide bonds. The van der Waals surface area contributed by atoms with E-state index in [0.29, 0.717) is 12.3 Å². The third-order valence-electron chi connectivity index (χ3n) is 13.9. The zero-order valence-corrected chi connectivity index (χ0v) is 27.3. The lowest BCUT2D eigenvalue weighted by Gasteiger charge is -2.66. The zero-order valence-electron chi connectivity index (χ0n) is 27.3. The number of fused-ring (bicyclic) bond motifs is 5. The summed E-state index contributed by atoms with van der Waals surface area (Å²) in [6.07, 6.45) is -6.31. The molecule has 0 aromatic carbocycles. The van der Waals surface area contributed by atoms with Crippen LogP contribution >= 0.6 is 0 Å². The molecule has 6 rings (SSSR count). The fraction of sp³-hybridized carbons (Fsp3) is 1.00. The van der Waals surface area contributed by atoms with Crippen LogP contribution in [0.1, 0.15) is 86.0 Å². The van der Waals surface area contributed by atoms with Crippen LogP contribution in [0.2, 0.25) is 0 Å². The van der Waals surface area contributed by atoms with E-state index in [-0.39, 0.29) is 29.3 Å². The summed E-state index contributed by atoms with van der Waals surface area (Å²) in [6, 6.07) is 0. The van der Waals surface area contributed by atoms with Gasteiger partial charge in [-0.2, -0.15) is 0 Å². The van der Waals surface area contributed by atoms with Crippen LogP contribution in [0.25, 0.3) is 0 Å². The summed E-state index contributed by atoms with van der Waals surface area (Å²) < 4.78 is 24.6. The van der Waals surface area contributed by atoms with Crippen LogP contribution in [-0.2, 0) is 18.9 Å². The van der Waals surface area contributed by atoms with Crippen molar-refractivity contribution in [2.75, 3.05) is 0 Å². The number of aliphatic hydroxyl groups is 7. The van der Waals surface area contributed by atoms with Gasteiger partial charge in [-0.25, -0.2) is 0 Å². The molecule has 0 radical (unpaired) electrons. The van der Waals surface area contributed by atoms with Crippen molar-refractivity contribution in [3.8, 4) is 0 Å². The molecule has 2 heterocycles. The van der Waals surface area contributed by atoms with Crippen molar-refractivity contribution in [2.45, 2.75) is 171 Å². The molecular weight excluding hydrogens is 586 g/mol. The lowest BCUT2D eigenvalue weighted by atomic mass is 9.42.